The zero-order valence-electron chi connectivity index (χ0n) is 14.7. The number of hydrogen-bond donors (Lipinski definition) is 0. The van der Waals surface area contributed by atoms with Gasteiger partial charge >= 0.3 is 0 Å². The number of aryl methyl sites for hydroxylation is 1. The lowest BCUT2D eigenvalue weighted by molar-refractivity contribution is 0.288. The first kappa shape index (κ1) is 18.9. The predicted molar refractivity (Wildman–Crippen MR) is 95.6 cm³/mol. The van der Waals surface area contributed by atoms with Crippen LogP contribution in [0.4, 0.5) is 8.78 Å². The van der Waals surface area contributed by atoms with Gasteiger partial charge in [0.05, 0.1) is 12.2 Å². The largest absolute Gasteiger partial charge is 0.490 e. The van der Waals surface area contributed by atoms with Gasteiger partial charge in [-0.3, -0.25) is 0 Å². The highest BCUT2D eigenvalue weighted by Crippen LogP contribution is 2.22. The van der Waals surface area contributed by atoms with Crippen LogP contribution < -0.4 is 4.74 Å². The van der Waals surface area contributed by atoms with E-state index in [0.717, 1.165) is 37.7 Å². The van der Waals surface area contributed by atoms with Crippen molar-refractivity contribution in [2.24, 2.45) is 0 Å². The molecule has 1 heterocycles. The number of aromatic nitrogens is 1. The van der Waals surface area contributed by atoms with Crippen LogP contribution in [0.15, 0.2) is 30.5 Å². The van der Waals surface area contributed by atoms with E-state index < -0.39 is 11.6 Å². The molecular formula is C21H23F2NO. The average Bonchev–Trinajstić information content (AvgIpc) is 2.64. The van der Waals surface area contributed by atoms with E-state index in [1.54, 1.807) is 12.3 Å². The topological polar surface area (TPSA) is 22.1 Å². The van der Waals surface area contributed by atoms with Gasteiger partial charge in [-0.1, -0.05) is 38.7 Å². The third kappa shape index (κ3) is 5.56. The molecule has 0 bridgehead atoms. The zero-order chi connectivity index (χ0) is 18.1. The van der Waals surface area contributed by atoms with Gasteiger partial charge in [-0.15, -0.1) is 0 Å². The fraction of sp³-hybridized carbons (Fsp3) is 0.381. The van der Waals surface area contributed by atoms with Crippen molar-refractivity contribution in [3.63, 3.8) is 0 Å². The summed E-state index contributed by atoms with van der Waals surface area (Å²) in [6.45, 7) is 4.51. The molecule has 2 aromatic rings. The lowest BCUT2D eigenvalue weighted by Crippen LogP contribution is -2.01. The van der Waals surface area contributed by atoms with E-state index in [9.17, 15) is 8.78 Å². The summed E-state index contributed by atoms with van der Waals surface area (Å²) in [6, 6.07) is 6.62. The fourth-order valence-corrected chi connectivity index (χ4v) is 2.22. The normalized spacial score (nSPS) is 10.2. The molecule has 4 heteroatoms. The molecule has 0 aliphatic heterocycles. The lowest BCUT2D eigenvalue weighted by Gasteiger charge is -2.07. The molecule has 0 unspecified atom stereocenters. The van der Waals surface area contributed by atoms with E-state index in [4.69, 9.17) is 4.74 Å². The van der Waals surface area contributed by atoms with E-state index in [2.05, 4.69) is 23.7 Å². The first-order valence-corrected chi connectivity index (χ1v) is 8.73. The van der Waals surface area contributed by atoms with Gasteiger partial charge in [0.15, 0.2) is 11.6 Å². The van der Waals surface area contributed by atoms with Gasteiger partial charge in [0.2, 0.25) is 5.82 Å². The van der Waals surface area contributed by atoms with Gasteiger partial charge < -0.3 is 4.74 Å². The number of hydrogen-bond acceptors (Lipinski definition) is 2. The molecule has 0 saturated carbocycles. The zero-order valence-corrected chi connectivity index (χ0v) is 14.7. The fourth-order valence-electron chi connectivity index (χ4n) is 2.22. The molecule has 1 aromatic heterocycles. The number of unbranched alkanes of at least 4 members (excludes halogenated alkanes) is 2. The third-order valence-corrected chi connectivity index (χ3v) is 3.77. The first-order chi connectivity index (χ1) is 12.2. The SMILES string of the molecule is CCCCOc1ccc(C#Cc2ccc(CCCC)cn2)c(F)c1F. The number of benzene rings is 1. The van der Waals surface area contributed by atoms with E-state index in [1.807, 2.05) is 13.0 Å². The standard InChI is InChI=1S/C21H23F2NO/c1-3-5-7-16-8-11-18(24-15-16)12-9-17-10-13-19(21(23)20(17)22)25-14-6-4-2/h8,10-11,13,15H,3-7,14H2,1-2H3. The van der Waals surface area contributed by atoms with E-state index in [-0.39, 0.29) is 11.3 Å². The second-order valence-corrected chi connectivity index (χ2v) is 5.85. The Kier molecular flexibility index (Phi) is 7.40. The van der Waals surface area contributed by atoms with Gasteiger partial charge in [-0.25, -0.2) is 9.37 Å². The lowest BCUT2D eigenvalue weighted by atomic mass is 10.1. The van der Waals surface area contributed by atoms with Crippen LogP contribution in [-0.4, -0.2) is 11.6 Å². The Morgan fingerprint density at radius 1 is 0.960 bits per heavy atom. The highest BCUT2D eigenvalue weighted by molar-refractivity contribution is 5.44. The maximum atomic E-state index is 14.1. The number of rotatable bonds is 7. The summed E-state index contributed by atoms with van der Waals surface area (Å²) in [6.07, 6.45) is 6.73. The molecule has 0 radical (unpaired) electrons. The summed E-state index contributed by atoms with van der Waals surface area (Å²) < 4.78 is 33.3. The Hall–Kier alpha value is -2.41. The Balaban J connectivity index is 2.10. The van der Waals surface area contributed by atoms with E-state index in [0.29, 0.717) is 12.3 Å². The van der Waals surface area contributed by atoms with Crippen LogP contribution in [0.3, 0.4) is 0 Å². The minimum Gasteiger partial charge on any atom is -0.490 e. The van der Waals surface area contributed by atoms with Crippen molar-refractivity contribution in [2.45, 2.75) is 46.0 Å². The van der Waals surface area contributed by atoms with Gasteiger partial charge in [0, 0.05) is 6.20 Å². The molecule has 0 amide bonds. The molecule has 0 aliphatic rings. The molecule has 0 atom stereocenters. The molecule has 2 nitrogen and oxygen atoms in total. The monoisotopic (exact) mass is 343 g/mol. The summed E-state index contributed by atoms with van der Waals surface area (Å²) in [5.41, 5.74) is 1.68. The molecule has 25 heavy (non-hydrogen) atoms. The molecular weight excluding hydrogens is 320 g/mol. The maximum Gasteiger partial charge on any atom is 0.201 e. The Bertz CT molecular complexity index is 745. The Labute approximate surface area is 148 Å². The highest BCUT2D eigenvalue weighted by Gasteiger charge is 2.13. The van der Waals surface area contributed by atoms with Crippen molar-refractivity contribution in [1.29, 1.82) is 0 Å². The van der Waals surface area contributed by atoms with Crippen molar-refractivity contribution in [3.05, 3.63) is 58.9 Å². The molecule has 132 valence electrons. The summed E-state index contributed by atoms with van der Waals surface area (Å²) in [5.74, 6) is 3.37. The van der Waals surface area contributed by atoms with Gasteiger partial charge in [-0.05, 0) is 48.9 Å². The minimum absolute atomic E-state index is 0.00259. The summed E-state index contributed by atoms with van der Waals surface area (Å²) in [4.78, 5) is 4.25. The summed E-state index contributed by atoms with van der Waals surface area (Å²) >= 11 is 0. The van der Waals surface area contributed by atoms with Crippen molar-refractivity contribution >= 4 is 0 Å². The van der Waals surface area contributed by atoms with Crippen LogP contribution in [0, 0.1) is 23.5 Å². The Morgan fingerprint density at radius 2 is 1.76 bits per heavy atom. The molecule has 2 rings (SSSR count). The molecule has 0 saturated heterocycles. The van der Waals surface area contributed by atoms with Crippen LogP contribution in [0.1, 0.15) is 56.4 Å². The van der Waals surface area contributed by atoms with Crippen LogP contribution in [0.25, 0.3) is 0 Å². The molecule has 0 fully saturated rings. The summed E-state index contributed by atoms with van der Waals surface area (Å²) in [7, 11) is 0. The van der Waals surface area contributed by atoms with Crippen molar-refractivity contribution in [1.82, 2.24) is 4.98 Å². The second-order valence-electron chi connectivity index (χ2n) is 5.85. The smallest absolute Gasteiger partial charge is 0.201 e. The quantitative estimate of drug-likeness (QED) is 0.504. The molecule has 1 aromatic carbocycles. The molecule has 0 spiro atoms. The van der Waals surface area contributed by atoms with Crippen LogP contribution in [0.2, 0.25) is 0 Å². The summed E-state index contributed by atoms with van der Waals surface area (Å²) in [5, 5.41) is 0. The molecule has 0 aliphatic carbocycles. The number of ether oxygens (including phenoxy) is 1. The third-order valence-electron chi connectivity index (χ3n) is 3.77. The maximum absolute atomic E-state index is 14.1. The minimum atomic E-state index is -0.995. The van der Waals surface area contributed by atoms with Crippen molar-refractivity contribution in [3.8, 4) is 17.6 Å². The van der Waals surface area contributed by atoms with Crippen molar-refractivity contribution < 1.29 is 13.5 Å². The van der Waals surface area contributed by atoms with Crippen LogP contribution >= 0.6 is 0 Å². The van der Waals surface area contributed by atoms with Gasteiger partial charge in [0.1, 0.15) is 5.69 Å². The van der Waals surface area contributed by atoms with Crippen LogP contribution in [-0.2, 0) is 6.42 Å². The number of halogens is 2. The first-order valence-electron chi connectivity index (χ1n) is 8.73. The van der Waals surface area contributed by atoms with Crippen molar-refractivity contribution in [2.75, 3.05) is 6.61 Å². The molecule has 0 N–H and O–H groups in total. The number of nitrogens with zero attached hydrogens (tertiary/aromatic N) is 1. The predicted octanol–water partition coefficient (Wildman–Crippen LogP) is 5.28. The number of pyridine rings is 1. The second kappa shape index (κ2) is 9.78. The average molecular weight is 343 g/mol. The van der Waals surface area contributed by atoms with Gasteiger partial charge in [0.25, 0.3) is 0 Å². The van der Waals surface area contributed by atoms with Gasteiger partial charge in [-0.2, -0.15) is 4.39 Å². The van der Waals surface area contributed by atoms with E-state index >= 15 is 0 Å². The highest BCUT2D eigenvalue weighted by atomic mass is 19.2. The Morgan fingerprint density at radius 3 is 2.44 bits per heavy atom. The van der Waals surface area contributed by atoms with E-state index in [1.165, 1.54) is 12.1 Å². The van der Waals surface area contributed by atoms with Crippen LogP contribution in [0.5, 0.6) is 5.75 Å².